The molecule has 0 aliphatic carbocycles. The van der Waals surface area contributed by atoms with Gasteiger partial charge in [-0.15, -0.1) is 0 Å². The lowest BCUT2D eigenvalue weighted by atomic mass is 10.0. The van der Waals surface area contributed by atoms with Crippen molar-refractivity contribution in [3.8, 4) is 0 Å². The number of imidazole rings is 1. The monoisotopic (exact) mass is 530 g/mol. The number of carbonyl (C=O) groups excluding carboxylic acids is 1. The van der Waals surface area contributed by atoms with Gasteiger partial charge < -0.3 is 13.9 Å². The summed E-state index contributed by atoms with van der Waals surface area (Å²) in [5.41, 5.74) is 0.620. The van der Waals surface area contributed by atoms with Gasteiger partial charge in [0.25, 0.3) is 0 Å². The molecule has 0 N–H and O–H groups in total. The number of hydrogen-bond donors (Lipinski definition) is 0. The molecule has 0 saturated heterocycles. The second-order valence-corrected chi connectivity index (χ2v) is 13.0. The van der Waals surface area contributed by atoms with Gasteiger partial charge in [-0.1, -0.05) is 41.5 Å². The molecule has 37 heavy (non-hydrogen) atoms. The van der Waals surface area contributed by atoms with Crippen LogP contribution in [-0.2, 0) is 21.4 Å². The lowest BCUT2D eigenvalue weighted by molar-refractivity contribution is -0.137. The molecule has 1 amide bonds. The van der Waals surface area contributed by atoms with Crippen LogP contribution in [0.2, 0.25) is 0 Å². The molecule has 0 aliphatic heterocycles. The van der Waals surface area contributed by atoms with Crippen molar-refractivity contribution in [1.82, 2.24) is 18.8 Å². The lowest BCUT2D eigenvalue weighted by Gasteiger charge is -2.36. The summed E-state index contributed by atoms with van der Waals surface area (Å²) in [4.78, 5) is 20.4. The summed E-state index contributed by atoms with van der Waals surface area (Å²) in [6.07, 6.45) is 5.51. The number of amides is 1. The van der Waals surface area contributed by atoms with Crippen LogP contribution in [0.25, 0.3) is 11.0 Å². The Bertz CT molecular complexity index is 1270. The van der Waals surface area contributed by atoms with Gasteiger partial charge in [-0.3, -0.25) is 4.79 Å². The Morgan fingerprint density at radius 2 is 1.70 bits per heavy atom. The Hall–Kier alpha value is -2.65. The summed E-state index contributed by atoms with van der Waals surface area (Å²) in [7, 11) is -4.01. The summed E-state index contributed by atoms with van der Waals surface area (Å²) in [6.45, 7) is 16.0. The van der Waals surface area contributed by atoms with Gasteiger partial charge in [-0.25, -0.2) is 13.4 Å². The van der Waals surface area contributed by atoms with E-state index in [4.69, 9.17) is 4.42 Å². The Morgan fingerprint density at radius 3 is 2.27 bits per heavy atom. The Morgan fingerprint density at radius 1 is 1.03 bits per heavy atom. The van der Waals surface area contributed by atoms with Gasteiger partial charge in [0.1, 0.15) is 17.4 Å². The number of hydrogen-bond acceptors (Lipinski definition) is 5. The van der Waals surface area contributed by atoms with E-state index in [1.165, 1.54) is 4.31 Å². The van der Waals surface area contributed by atoms with Crippen LogP contribution < -0.4 is 0 Å². The fraction of sp³-hybridized carbons (Fsp3) is 0.571. The average Bonchev–Trinajstić information content (AvgIpc) is 3.44. The Kier molecular flexibility index (Phi) is 9.58. The zero-order valence-corrected chi connectivity index (χ0v) is 24.0. The van der Waals surface area contributed by atoms with Crippen LogP contribution in [0.4, 0.5) is 0 Å². The Balaban J connectivity index is 2.08. The number of benzene rings is 1. The first kappa shape index (κ1) is 28.9. The van der Waals surface area contributed by atoms with Crippen molar-refractivity contribution < 1.29 is 17.6 Å². The van der Waals surface area contributed by atoms with Gasteiger partial charge in [-0.2, -0.15) is 4.31 Å². The SMILES string of the molecule is Cc1nccn1CCN([C@@H](CC(C)C)C(=O)N(CC(C)C)CC(C)C)S(=O)(=O)c1ccc2occc2c1. The van der Waals surface area contributed by atoms with Crippen LogP contribution in [0.15, 0.2) is 52.2 Å². The van der Waals surface area contributed by atoms with Crippen LogP contribution in [0, 0.1) is 24.7 Å². The highest BCUT2D eigenvalue weighted by Crippen LogP contribution is 2.27. The van der Waals surface area contributed by atoms with Crippen molar-refractivity contribution in [2.24, 2.45) is 17.8 Å². The number of rotatable bonds is 13. The first-order chi connectivity index (χ1) is 17.4. The number of nitrogens with zero attached hydrogens (tertiary/aromatic N) is 4. The first-order valence-corrected chi connectivity index (χ1v) is 14.6. The van der Waals surface area contributed by atoms with Gasteiger partial charge in [-0.05, 0) is 55.4 Å². The number of sulfonamides is 1. The van der Waals surface area contributed by atoms with Gasteiger partial charge in [0.05, 0.1) is 11.2 Å². The van der Waals surface area contributed by atoms with Crippen molar-refractivity contribution in [2.75, 3.05) is 19.6 Å². The van der Waals surface area contributed by atoms with E-state index < -0.39 is 16.1 Å². The standard InChI is InChI=1S/C28H42N4O4S/c1-20(2)16-26(28(33)31(18-21(3)4)19-22(5)6)32(14-13-30-12-11-29-23(30)7)37(34,35)25-8-9-27-24(17-25)10-15-36-27/h8-12,15,17,20-22,26H,13-14,16,18-19H2,1-7H3/t26-/m0/s1. The van der Waals surface area contributed by atoms with Gasteiger partial charge >= 0.3 is 0 Å². The number of aryl methyl sites for hydroxylation is 1. The number of fused-ring (bicyclic) bond motifs is 1. The van der Waals surface area contributed by atoms with Crippen molar-refractivity contribution in [1.29, 1.82) is 0 Å². The molecule has 204 valence electrons. The predicted octanol–water partition coefficient (Wildman–Crippen LogP) is 5.18. The molecule has 0 unspecified atom stereocenters. The van der Waals surface area contributed by atoms with E-state index in [0.717, 1.165) is 5.82 Å². The fourth-order valence-corrected chi connectivity index (χ4v) is 6.29. The van der Waals surface area contributed by atoms with E-state index in [9.17, 15) is 13.2 Å². The van der Waals surface area contributed by atoms with Gasteiger partial charge in [0, 0.05) is 44.0 Å². The third kappa shape index (κ3) is 7.23. The maximum absolute atomic E-state index is 14.2. The second kappa shape index (κ2) is 12.3. The molecule has 0 saturated carbocycles. The van der Waals surface area contributed by atoms with Gasteiger partial charge in [0.2, 0.25) is 15.9 Å². The minimum absolute atomic E-state index is 0.123. The number of carbonyl (C=O) groups is 1. The summed E-state index contributed by atoms with van der Waals surface area (Å²) in [5, 5.41) is 0.708. The molecule has 1 atom stereocenters. The van der Waals surface area contributed by atoms with E-state index in [0.29, 0.717) is 37.0 Å². The fourth-order valence-electron chi connectivity index (χ4n) is 4.67. The van der Waals surface area contributed by atoms with E-state index in [1.54, 1.807) is 36.7 Å². The molecule has 3 rings (SSSR count). The van der Waals surface area contributed by atoms with E-state index in [1.807, 2.05) is 36.4 Å². The summed E-state index contributed by atoms with van der Waals surface area (Å²) in [5.74, 6) is 1.32. The normalized spacial score (nSPS) is 13.4. The maximum atomic E-state index is 14.2. The summed E-state index contributed by atoms with van der Waals surface area (Å²) < 4.78 is 37.2. The molecule has 0 aliphatic rings. The largest absolute Gasteiger partial charge is 0.464 e. The molecular formula is C28H42N4O4S. The topological polar surface area (TPSA) is 88.7 Å². The van der Waals surface area contributed by atoms with Crippen LogP contribution >= 0.6 is 0 Å². The number of furan rings is 1. The zero-order chi connectivity index (χ0) is 27.3. The average molecular weight is 531 g/mol. The first-order valence-electron chi connectivity index (χ1n) is 13.2. The molecule has 0 spiro atoms. The van der Waals surface area contributed by atoms with Crippen LogP contribution in [0.3, 0.4) is 0 Å². The third-order valence-corrected chi connectivity index (χ3v) is 8.23. The molecule has 0 bridgehead atoms. The smallest absolute Gasteiger partial charge is 0.243 e. The lowest BCUT2D eigenvalue weighted by Crippen LogP contribution is -2.53. The molecule has 8 nitrogen and oxygen atoms in total. The molecule has 0 radical (unpaired) electrons. The van der Waals surface area contributed by atoms with E-state index >= 15 is 0 Å². The summed E-state index contributed by atoms with van der Waals surface area (Å²) in [6, 6.07) is 5.79. The van der Waals surface area contributed by atoms with Gasteiger partial charge in [0.15, 0.2) is 0 Å². The second-order valence-electron chi connectivity index (χ2n) is 11.1. The highest BCUT2D eigenvalue weighted by Gasteiger charge is 2.38. The molecule has 1 aromatic carbocycles. The highest BCUT2D eigenvalue weighted by molar-refractivity contribution is 7.89. The molecule has 3 aromatic rings. The minimum atomic E-state index is -4.01. The Labute approximate surface area is 221 Å². The third-order valence-electron chi connectivity index (χ3n) is 6.33. The highest BCUT2D eigenvalue weighted by atomic mass is 32.2. The van der Waals surface area contributed by atoms with Crippen LogP contribution in [0.5, 0.6) is 0 Å². The molecule has 0 fully saturated rings. The van der Waals surface area contributed by atoms with E-state index in [-0.39, 0.29) is 35.1 Å². The number of aromatic nitrogens is 2. The summed E-state index contributed by atoms with van der Waals surface area (Å²) >= 11 is 0. The molecule has 9 heteroatoms. The maximum Gasteiger partial charge on any atom is 0.243 e. The molecule has 2 aromatic heterocycles. The molecule has 2 heterocycles. The quantitative estimate of drug-likeness (QED) is 0.304. The van der Waals surface area contributed by atoms with E-state index in [2.05, 4.69) is 32.7 Å². The van der Waals surface area contributed by atoms with Crippen LogP contribution in [0.1, 0.15) is 53.8 Å². The zero-order valence-electron chi connectivity index (χ0n) is 23.2. The van der Waals surface area contributed by atoms with Crippen molar-refractivity contribution >= 4 is 26.9 Å². The van der Waals surface area contributed by atoms with Crippen molar-refractivity contribution in [2.45, 2.75) is 72.4 Å². The minimum Gasteiger partial charge on any atom is -0.464 e. The van der Waals surface area contributed by atoms with Crippen molar-refractivity contribution in [3.63, 3.8) is 0 Å². The van der Waals surface area contributed by atoms with Crippen molar-refractivity contribution in [3.05, 3.63) is 48.7 Å². The molecular weight excluding hydrogens is 488 g/mol. The predicted molar refractivity (Wildman–Crippen MR) is 147 cm³/mol. The van der Waals surface area contributed by atoms with Crippen LogP contribution in [-0.4, -0.2) is 58.8 Å².